The molecule has 1 aromatic rings. The maximum atomic E-state index is 9.31. The van der Waals surface area contributed by atoms with Gasteiger partial charge in [0.15, 0.2) is 0 Å². The van der Waals surface area contributed by atoms with Crippen LogP contribution in [0.5, 0.6) is 5.75 Å². The summed E-state index contributed by atoms with van der Waals surface area (Å²) in [5.41, 5.74) is 7.60. The standard InChI is InChI=1S/C15H24N2O2/c1-19-15-11-13(7-8-14(15)16)17(9-10-18)12-5-3-2-4-6-12/h7-8,11-12,18H,2-6,9-10,16H2,1H3. The first-order valence-electron chi connectivity index (χ1n) is 7.07. The quantitative estimate of drug-likeness (QED) is 0.802. The van der Waals surface area contributed by atoms with Gasteiger partial charge < -0.3 is 20.5 Å². The zero-order chi connectivity index (χ0) is 13.7. The van der Waals surface area contributed by atoms with Gasteiger partial charge in [0.25, 0.3) is 0 Å². The van der Waals surface area contributed by atoms with Gasteiger partial charge in [-0.15, -0.1) is 0 Å². The Bertz CT molecular complexity index is 403. The molecule has 1 aliphatic carbocycles. The Morgan fingerprint density at radius 3 is 2.68 bits per heavy atom. The number of anilines is 2. The van der Waals surface area contributed by atoms with Crippen molar-refractivity contribution in [3.8, 4) is 5.75 Å². The molecule has 19 heavy (non-hydrogen) atoms. The van der Waals surface area contributed by atoms with Crippen molar-refractivity contribution in [3.05, 3.63) is 18.2 Å². The lowest BCUT2D eigenvalue weighted by atomic mass is 9.93. The molecule has 1 fully saturated rings. The van der Waals surface area contributed by atoms with Crippen LogP contribution in [0.1, 0.15) is 32.1 Å². The molecular weight excluding hydrogens is 240 g/mol. The number of ether oxygens (including phenoxy) is 1. The van der Waals surface area contributed by atoms with E-state index >= 15 is 0 Å². The Labute approximate surface area is 115 Å². The summed E-state index contributed by atoms with van der Waals surface area (Å²) in [5, 5.41) is 9.31. The molecule has 4 heteroatoms. The number of rotatable bonds is 5. The van der Waals surface area contributed by atoms with Crippen molar-refractivity contribution in [1.29, 1.82) is 0 Å². The summed E-state index contributed by atoms with van der Waals surface area (Å²) >= 11 is 0. The molecule has 0 atom stereocenters. The molecule has 0 aromatic heterocycles. The van der Waals surface area contributed by atoms with Crippen molar-refractivity contribution in [2.45, 2.75) is 38.1 Å². The van der Waals surface area contributed by atoms with Crippen LogP contribution in [0, 0.1) is 0 Å². The average molecular weight is 264 g/mol. The molecule has 0 spiro atoms. The van der Waals surface area contributed by atoms with Crippen LogP contribution in [0.25, 0.3) is 0 Å². The summed E-state index contributed by atoms with van der Waals surface area (Å²) in [6.07, 6.45) is 6.28. The van der Waals surface area contributed by atoms with Crippen molar-refractivity contribution in [2.24, 2.45) is 0 Å². The van der Waals surface area contributed by atoms with Gasteiger partial charge in [0.05, 0.1) is 19.4 Å². The van der Waals surface area contributed by atoms with Crippen LogP contribution < -0.4 is 15.4 Å². The molecule has 1 saturated carbocycles. The smallest absolute Gasteiger partial charge is 0.143 e. The molecule has 1 aromatic carbocycles. The molecule has 0 unspecified atom stereocenters. The number of hydrogen-bond acceptors (Lipinski definition) is 4. The minimum atomic E-state index is 0.170. The first-order valence-corrected chi connectivity index (χ1v) is 7.07. The predicted octanol–water partition coefficient (Wildman–Crippen LogP) is 2.41. The molecule has 0 amide bonds. The van der Waals surface area contributed by atoms with Crippen LogP contribution in [-0.4, -0.2) is 31.4 Å². The fourth-order valence-electron chi connectivity index (χ4n) is 2.90. The molecule has 0 bridgehead atoms. The Morgan fingerprint density at radius 1 is 1.32 bits per heavy atom. The van der Waals surface area contributed by atoms with Gasteiger partial charge in [-0.25, -0.2) is 0 Å². The van der Waals surface area contributed by atoms with Gasteiger partial charge in [-0.3, -0.25) is 0 Å². The minimum absolute atomic E-state index is 0.170. The molecule has 0 saturated heterocycles. The molecule has 0 aliphatic heterocycles. The van der Waals surface area contributed by atoms with Gasteiger partial charge in [0.1, 0.15) is 5.75 Å². The number of nitrogens with two attached hydrogens (primary N) is 1. The highest BCUT2D eigenvalue weighted by atomic mass is 16.5. The molecule has 4 nitrogen and oxygen atoms in total. The number of hydrogen-bond donors (Lipinski definition) is 2. The lowest BCUT2D eigenvalue weighted by Gasteiger charge is -2.36. The number of nitrogens with zero attached hydrogens (tertiary/aromatic N) is 1. The van der Waals surface area contributed by atoms with Crippen molar-refractivity contribution < 1.29 is 9.84 Å². The third-order valence-electron chi connectivity index (χ3n) is 3.91. The fourth-order valence-corrected chi connectivity index (χ4v) is 2.90. The Balaban J connectivity index is 2.22. The van der Waals surface area contributed by atoms with Crippen LogP contribution in [0.4, 0.5) is 11.4 Å². The first kappa shape index (κ1) is 14.0. The predicted molar refractivity (Wildman–Crippen MR) is 78.7 cm³/mol. The van der Waals surface area contributed by atoms with Gasteiger partial charge in [-0.1, -0.05) is 19.3 Å². The second-order valence-electron chi connectivity index (χ2n) is 5.14. The highest BCUT2D eigenvalue weighted by Gasteiger charge is 2.21. The normalized spacial score (nSPS) is 16.3. The van der Waals surface area contributed by atoms with Gasteiger partial charge in [0, 0.05) is 24.3 Å². The number of methoxy groups -OCH3 is 1. The van der Waals surface area contributed by atoms with E-state index in [-0.39, 0.29) is 6.61 Å². The first-order chi connectivity index (χ1) is 9.26. The molecule has 2 rings (SSSR count). The van der Waals surface area contributed by atoms with E-state index in [0.29, 0.717) is 24.0 Å². The largest absolute Gasteiger partial charge is 0.495 e. The maximum absolute atomic E-state index is 9.31. The van der Waals surface area contributed by atoms with Crippen molar-refractivity contribution in [1.82, 2.24) is 0 Å². The zero-order valence-corrected chi connectivity index (χ0v) is 11.6. The van der Waals surface area contributed by atoms with E-state index in [0.717, 1.165) is 5.69 Å². The summed E-state index contributed by atoms with van der Waals surface area (Å²) in [7, 11) is 1.63. The van der Waals surface area contributed by atoms with E-state index < -0.39 is 0 Å². The molecule has 1 aliphatic rings. The number of aliphatic hydroxyl groups excluding tert-OH is 1. The zero-order valence-electron chi connectivity index (χ0n) is 11.6. The van der Waals surface area contributed by atoms with E-state index in [4.69, 9.17) is 10.5 Å². The molecular formula is C15H24N2O2. The summed E-state index contributed by atoms with van der Waals surface area (Å²) in [4.78, 5) is 2.29. The Morgan fingerprint density at radius 2 is 2.05 bits per heavy atom. The third-order valence-corrected chi connectivity index (χ3v) is 3.91. The van der Waals surface area contributed by atoms with Crippen LogP contribution >= 0.6 is 0 Å². The van der Waals surface area contributed by atoms with Crippen molar-refractivity contribution >= 4 is 11.4 Å². The highest BCUT2D eigenvalue weighted by Crippen LogP contribution is 2.31. The Hall–Kier alpha value is -1.42. The number of nitrogen functional groups attached to an aromatic ring is 1. The highest BCUT2D eigenvalue weighted by molar-refractivity contribution is 5.62. The minimum Gasteiger partial charge on any atom is -0.495 e. The van der Waals surface area contributed by atoms with Crippen molar-refractivity contribution in [3.63, 3.8) is 0 Å². The monoisotopic (exact) mass is 264 g/mol. The Kier molecular flexibility index (Phi) is 4.91. The molecule has 3 N–H and O–H groups in total. The lowest BCUT2D eigenvalue weighted by molar-refractivity contribution is 0.290. The third kappa shape index (κ3) is 3.32. The van der Waals surface area contributed by atoms with E-state index in [1.165, 1.54) is 32.1 Å². The van der Waals surface area contributed by atoms with Gasteiger partial charge in [-0.05, 0) is 25.0 Å². The van der Waals surface area contributed by atoms with Crippen LogP contribution in [0.15, 0.2) is 18.2 Å². The average Bonchev–Trinajstić information content (AvgIpc) is 2.46. The summed E-state index contributed by atoms with van der Waals surface area (Å²) in [6, 6.07) is 6.39. The van der Waals surface area contributed by atoms with Crippen molar-refractivity contribution in [2.75, 3.05) is 30.9 Å². The van der Waals surface area contributed by atoms with E-state index in [9.17, 15) is 5.11 Å². The van der Waals surface area contributed by atoms with E-state index in [1.54, 1.807) is 7.11 Å². The molecule has 0 radical (unpaired) electrons. The van der Waals surface area contributed by atoms with Crippen LogP contribution in [-0.2, 0) is 0 Å². The van der Waals surface area contributed by atoms with E-state index in [1.807, 2.05) is 18.2 Å². The SMILES string of the molecule is COc1cc(N(CCO)C2CCCCC2)ccc1N. The van der Waals surface area contributed by atoms with Gasteiger partial charge in [-0.2, -0.15) is 0 Å². The molecule has 106 valence electrons. The topological polar surface area (TPSA) is 58.7 Å². The lowest BCUT2D eigenvalue weighted by Crippen LogP contribution is -2.38. The number of benzene rings is 1. The second-order valence-corrected chi connectivity index (χ2v) is 5.14. The van der Waals surface area contributed by atoms with Gasteiger partial charge >= 0.3 is 0 Å². The maximum Gasteiger partial charge on any atom is 0.143 e. The van der Waals surface area contributed by atoms with Crippen LogP contribution in [0.2, 0.25) is 0 Å². The fraction of sp³-hybridized carbons (Fsp3) is 0.600. The summed E-state index contributed by atoms with van der Waals surface area (Å²) in [5.74, 6) is 0.705. The van der Waals surface area contributed by atoms with Gasteiger partial charge in [0.2, 0.25) is 0 Å². The molecule has 0 heterocycles. The van der Waals surface area contributed by atoms with E-state index in [2.05, 4.69) is 4.90 Å². The number of aliphatic hydroxyl groups is 1. The summed E-state index contributed by atoms with van der Waals surface area (Å²) in [6.45, 7) is 0.834. The summed E-state index contributed by atoms with van der Waals surface area (Å²) < 4.78 is 5.29. The van der Waals surface area contributed by atoms with Crippen LogP contribution in [0.3, 0.4) is 0 Å². The second kappa shape index (κ2) is 6.66.